The summed E-state index contributed by atoms with van der Waals surface area (Å²) in [5.74, 6) is 0.437. The average Bonchev–Trinajstić information content (AvgIpc) is 3.06. The van der Waals surface area contributed by atoms with Crippen LogP contribution in [0.2, 0.25) is 5.02 Å². The second kappa shape index (κ2) is 7.70. The van der Waals surface area contributed by atoms with Crippen LogP contribution in [0.4, 0.5) is 4.39 Å². The van der Waals surface area contributed by atoms with Crippen LogP contribution in [-0.4, -0.2) is 21.7 Å². The summed E-state index contributed by atoms with van der Waals surface area (Å²) in [4.78, 5) is 8.91. The SMILES string of the molecule is Cc1ncc2c(c1-c1noc(Cc3c(F)cccc3Cl)n1)CCNC2.Cl. The monoisotopic (exact) mass is 394 g/mol. The van der Waals surface area contributed by atoms with E-state index in [0.717, 1.165) is 36.3 Å². The van der Waals surface area contributed by atoms with Crippen molar-refractivity contribution in [2.45, 2.75) is 26.3 Å². The Morgan fingerprint density at radius 3 is 3.00 bits per heavy atom. The lowest BCUT2D eigenvalue weighted by Crippen LogP contribution is -2.24. The van der Waals surface area contributed by atoms with Crippen LogP contribution in [0.3, 0.4) is 0 Å². The molecule has 0 atom stereocenters. The van der Waals surface area contributed by atoms with E-state index in [9.17, 15) is 4.39 Å². The molecule has 3 heterocycles. The molecule has 1 N–H and O–H groups in total. The standard InChI is InChI=1S/C18H16ClFN4O.ClH/c1-10-17(12-5-6-21-8-11(12)9-22-10)18-23-16(25-24-18)7-13-14(19)3-2-4-15(13)20;/h2-4,9,21H,5-8H2,1H3;1H. The van der Waals surface area contributed by atoms with Crippen molar-refractivity contribution >= 4 is 24.0 Å². The van der Waals surface area contributed by atoms with Crippen molar-refractivity contribution in [3.05, 3.63) is 63.5 Å². The molecule has 0 unspecified atom stereocenters. The van der Waals surface area contributed by atoms with Gasteiger partial charge in [0.25, 0.3) is 0 Å². The maximum atomic E-state index is 14.0. The lowest BCUT2D eigenvalue weighted by molar-refractivity contribution is 0.384. The van der Waals surface area contributed by atoms with Gasteiger partial charge in [-0.05, 0) is 43.1 Å². The minimum atomic E-state index is -0.381. The molecule has 8 heteroatoms. The molecule has 0 saturated carbocycles. The number of nitrogens with zero attached hydrogens (tertiary/aromatic N) is 3. The number of hydrogen-bond donors (Lipinski definition) is 1. The summed E-state index contributed by atoms with van der Waals surface area (Å²) >= 11 is 6.08. The molecule has 5 nitrogen and oxygen atoms in total. The Kier molecular flexibility index (Phi) is 5.55. The van der Waals surface area contributed by atoms with Gasteiger partial charge in [-0.25, -0.2) is 4.39 Å². The summed E-state index contributed by atoms with van der Waals surface area (Å²) in [6, 6.07) is 4.58. The summed E-state index contributed by atoms with van der Waals surface area (Å²) in [5.41, 5.74) is 4.47. The van der Waals surface area contributed by atoms with Gasteiger partial charge in [0.15, 0.2) is 0 Å². The van der Waals surface area contributed by atoms with Crippen molar-refractivity contribution in [3.63, 3.8) is 0 Å². The van der Waals surface area contributed by atoms with Gasteiger partial charge >= 0.3 is 0 Å². The molecular weight excluding hydrogens is 378 g/mol. The molecule has 1 aliphatic rings. The molecule has 0 amide bonds. The number of fused-ring (bicyclic) bond motifs is 1. The van der Waals surface area contributed by atoms with Crippen molar-refractivity contribution in [2.75, 3.05) is 6.54 Å². The Balaban J connectivity index is 0.00000196. The molecular formula is C18H17Cl2FN4O. The lowest BCUT2D eigenvalue weighted by Gasteiger charge is -2.19. The van der Waals surface area contributed by atoms with E-state index in [4.69, 9.17) is 16.1 Å². The Hall–Kier alpha value is -2.02. The summed E-state index contributed by atoms with van der Waals surface area (Å²) in [6.07, 6.45) is 2.93. The van der Waals surface area contributed by atoms with E-state index in [0.29, 0.717) is 22.3 Å². The predicted octanol–water partition coefficient (Wildman–Crippen LogP) is 3.89. The molecule has 4 rings (SSSR count). The van der Waals surface area contributed by atoms with Crippen LogP contribution in [0.5, 0.6) is 0 Å². The fourth-order valence-electron chi connectivity index (χ4n) is 3.15. The van der Waals surface area contributed by atoms with Gasteiger partial charge in [0, 0.05) is 34.6 Å². The number of hydrogen-bond acceptors (Lipinski definition) is 5. The van der Waals surface area contributed by atoms with Crippen LogP contribution < -0.4 is 5.32 Å². The first-order valence-electron chi connectivity index (χ1n) is 8.07. The fraction of sp³-hybridized carbons (Fsp3) is 0.278. The van der Waals surface area contributed by atoms with Crippen LogP contribution >= 0.6 is 24.0 Å². The third kappa shape index (κ3) is 3.45. The van der Waals surface area contributed by atoms with Crippen molar-refractivity contribution < 1.29 is 8.91 Å². The van der Waals surface area contributed by atoms with Gasteiger partial charge in [-0.2, -0.15) is 4.98 Å². The summed E-state index contributed by atoms with van der Waals surface area (Å²) in [7, 11) is 0. The van der Waals surface area contributed by atoms with Gasteiger partial charge < -0.3 is 9.84 Å². The Bertz CT molecular complexity index is 925. The quantitative estimate of drug-likeness (QED) is 0.729. The van der Waals surface area contributed by atoms with E-state index < -0.39 is 0 Å². The van der Waals surface area contributed by atoms with Crippen LogP contribution in [0.25, 0.3) is 11.4 Å². The zero-order chi connectivity index (χ0) is 17.4. The van der Waals surface area contributed by atoms with E-state index in [-0.39, 0.29) is 24.6 Å². The minimum absolute atomic E-state index is 0. The van der Waals surface area contributed by atoms with Crippen molar-refractivity contribution in [3.8, 4) is 11.4 Å². The second-order valence-corrected chi connectivity index (χ2v) is 6.45. The van der Waals surface area contributed by atoms with Crippen molar-refractivity contribution in [2.24, 2.45) is 0 Å². The van der Waals surface area contributed by atoms with Crippen molar-refractivity contribution in [1.29, 1.82) is 0 Å². The first-order valence-corrected chi connectivity index (χ1v) is 8.45. The maximum Gasteiger partial charge on any atom is 0.231 e. The third-order valence-electron chi connectivity index (χ3n) is 4.41. The van der Waals surface area contributed by atoms with Gasteiger partial charge in [0.05, 0.1) is 6.42 Å². The van der Waals surface area contributed by atoms with Crippen LogP contribution in [0, 0.1) is 12.7 Å². The largest absolute Gasteiger partial charge is 0.339 e. The fourth-order valence-corrected chi connectivity index (χ4v) is 3.38. The highest BCUT2D eigenvalue weighted by Crippen LogP contribution is 2.29. The lowest BCUT2D eigenvalue weighted by atomic mass is 9.95. The minimum Gasteiger partial charge on any atom is -0.339 e. The zero-order valence-corrected chi connectivity index (χ0v) is 15.6. The van der Waals surface area contributed by atoms with Crippen LogP contribution in [0.15, 0.2) is 28.9 Å². The first kappa shape index (κ1) is 18.8. The highest BCUT2D eigenvalue weighted by Gasteiger charge is 2.21. The molecule has 1 aliphatic heterocycles. The normalized spacial score (nSPS) is 13.2. The Morgan fingerprint density at radius 1 is 1.35 bits per heavy atom. The Morgan fingerprint density at radius 2 is 2.19 bits per heavy atom. The number of rotatable bonds is 3. The molecule has 0 aliphatic carbocycles. The number of halogens is 3. The number of pyridine rings is 1. The van der Waals surface area contributed by atoms with E-state index >= 15 is 0 Å². The highest BCUT2D eigenvalue weighted by atomic mass is 35.5. The topological polar surface area (TPSA) is 63.8 Å². The van der Waals surface area contributed by atoms with Crippen molar-refractivity contribution in [1.82, 2.24) is 20.4 Å². The molecule has 0 saturated heterocycles. The van der Waals surface area contributed by atoms with E-state index in [1.54, 1.807) is 12.1 Å². The number of aromatic nitrogens is 3. The predicted molar refractivity (Wildman–Crippen MR) is 99.1 cm³/mol. The van der Waals surface area contributed by atoms with Gasteiger partial charge in [-0.3, -0.25) is 4.98 Å². The van der Waals surface area contributed by atoms with Gasteiger partial charge in [-0.15, -0.1) is 12.4 Å². The molecule has 0 bridgehead atoms. The Labute approximate surface area is 161 Å². The molecule has 0 fully saturated rings. The van der Waals surface area contributed by atoms with E-state index in [1.165, 1.54) is 11.6 Å². The van der Waals surface area contributed by atoms with Gasteiger partial charge in [0.2, 0.25) is 11.7 Å². The average molecular weight is 395 g/mol. The number of nitrogens with one attached hydrogen (secondary N) is 1. The summed E-state index contributed by atoms with van der Waals surface area (Å²) in [6.45, 7) is 3.62. The smallest absolute Gasteiger partial charge is 0.231 e. The van der Waals surface area contributed by atoms with Gasteiger partial charge in [-0.1, -0.05) is 22.8 Å². The molecule has 1 aromatic carbocycles. The van der Waals surface area contributed by atoms with Crippen LogP contribution in [-0.2, 0) is 19.4 Å². The zero-order valence-electron chi connectivity index (χ0n) is 14.1. The summed E-state index contributed by atoms with van der Waals surface area (Å²) in [5, 5.41) is 7.78. The van der Waals surface area contributed by atoms with Crippen LogP contribution in [0.1, 0.15) is 28.3 Å². The number of aryl methyl sites for hydroxylation is 1. The second-order valence-electron chi connectivity index (χ2n) is 6.04. The molecule has 0 spiro atoms. The van der Waals surface area contributed by atoms with Gasteiger partial charge in [0.1, 0.15) is 5.82 Å². The highest BCUT2D eigenvalue weighted by molar-refractivity contribution is 6.31. The van der Waals surface area contributed by atoms with E-state index in [2.05, 4.69) is 20.4 Å². The molecule has 26 heavy (non-hydrogen) atoms. The number of benzene rings is 1. The van der Waals surface area contributed by atoms with E-state index in [1.807, 2.05) is 13.1 Å². The molecule has 0 radical (unpaired) electrons. The maximum absolute atomic E-state index is 14.0. The molecule has 3 aromatic rings. The first-order chi connectivity index (χ1) is 12.1. The molecule has 2 aromatic heterocycles. The summed E-state index contributed by atoms with van der Waals surface area (Å²) < 4.78 is 19.3. The third-order valence-corrected chi connectivity index (χ3v) is 4.77. The molecule has 136 valence electrons.